The molecular weight excluding hydrogens is 402 g/mol. The molecule has 1 aliphatic heterocycles. The van der Waals surface area contributed by atoms with Gasteiger partial charge in [0.1, 0.15) is 6.04 Å². The van der Waals surface area contributed by atoms with Crippen LogP contribution in [0.2, 0.25) is 0 Å². The number of hydrogen-bond acceptors (Lipinski definition) is 5. The van der Waals surface area contributed by atoms with E-state index in [1.807, 2.05) is 23.6 Å². The van der Waals surface area contributed by atoms with Gasteiger partial charge in [-0.05, 0) is 54.1 Å². The van der Waals surface area contributed by atoms with Crippen molar-refractivity contribution in [2.45, 2.75) is 25.4 Å². The minimum absolute atomic E-state index is 0.0840. The molecule has 3 heterocycles. The molecule has 2 N–H and O–H groups in total. The molecule has 4 rings (SSSR count). The Balaban J connectivity index is 1.31. The normalized spacial score (nSPS) is 15.7. The molecule has 1 atom stereocenters. The highest BCUT2D eigenvalue weighted by Crippen LogP contribution is 2.22. The van der Waals surface area contributed by atoms with Gasteiger partial charge in [-0.3, -0.25) is 14.4 Å². The number of thiophene rings is 1. The van der Waals surface area contributed by atoms with Gasteiger partial charge in [0.15, 0.2) is 5.76 Å². The van der Waals surface area contributed by atoms with Crippen molar-refractivity contribution in [2.75, 3.05) is 11.9 Å². The van der Waals surface area contributed by atoms with E-state index in [4.69, 9.17) is 4.42 Å². The van der Waals surface area contributed by atoms with Crippen LogP contribution in [-0.4, -0.2) is 35.2 Å². The standard InChI is InChI=1S/C22H21N3O4S/c26-20(17-4-1-11-25(17)22(28)19-6-3-13-30-19)23-14-15-7-9-16(10-8-15)24-21(27)18-5-2-12-29-18/h2-3,5-10,12-13,17H,1,4,11,14H2,(H,23,26)(H,24,27). The van der Waals surface area contributed by atoms with Crippen LogP contribution in [0.15, 0.2) is 64.6 Å². The van der Waals surface area contributed by atoms with E-state index in [1.54, 1.807) is 35.2 Å². The number of hydrogen-bond donors (Lipinski definition) is 2. The van der Waals surface area contributed by atoms with Crippen LogP contribution in [0.25, 0.3) is 0 Å². The molecule has 1 fully saturated rings. The van der Waals surface area contributed by atoms with Gasteiger partial charge in [-0.25, -0.2) is 0 Å². The number of likely N-dealkylation sites (tertiary alicyclic amines) is 1. The van der Waals surface area contributed by atoms with Crippen molar-refractivity contribution in [2.24, 2.45) is 0 Å². The number of anilines is 1. The molecule has 3 aromatic rings. The Morgan fingerprint density at radius 3 is 2.63 bits per heavy atom. The number of nitrogens with zero attached hydrogens (tertiary/aromatic N) is 1. The summed E-state index contributed by atoms with van der Waals surface area (Å²) in [6.45, 7) is 0.946. The average molecular weight is 423 g/mol. The van der Waals surface area contributed by atoms with E-state index in [1.165, 1.54) is 17.6 Å². The zero-order valence-electron chi connectivity index (χ0n) is 16.2. The highest BCUT2D eigenvalue weighted by atomic mass is 32.1. The van der Waals surface area contributed by atoms with Gasteiger partial charge in [-0.1, -0.05) is 18.2 Å². The topological polar surface area (TPSA) is 91.7 Å². The number of benzene rings is 1. The molecule has 0 aliphatic carbocycles. The molecule has 1 aromatic carbocycles. The molecule has 1 aliphatic rings. The Labute approximate surface area is 177 Å². The minimum Gasteiger partial charge on any atom is -0.459 e. The first-order valence-electron chi connectivity index (χ1n) is 9.68. The van der Waals surface area contributed by atoms with Gasteiger partial charge >= 0.3 is 0 Å². The molecule has 7 nitrogen and oxygen atoms in total. The lowest BCUT2D eigenvalue weighted by Gasteiger charge is -2.23. The number of amides is 3. The quantitative estimate of drug-likeness (QED) is 0.635. The van der Waals surface area contributed by atoms with Crippen LogP contribution in [0.4, 0.5) is 5.69 Å². The second-order valence-corrected chi connectivity index (χ2v) is 7.93. The molecule has 3 amide bonds. The van der Waals surface area contributed by atoms with Crippen LogP contribution in [0.5, 0.6) is 0 Å². The maximum absolute atomic E-state index is 12.7. The van der Waals surface area contributed by atoms with Crippen LogP contribution in [0.1, 0.15) is 38.6 Å². The fourth-order valence-corrected chi connectivity index (χ4v) is 4.12. The zero-order valence-corrected chi connectivity index (χ0v) is 17.0. The maximum atomic E-state index is 12.7. The second-order valence-electron chi connectivity index (χ2n) is 6.98. The highest BCUT2D eigenvalue weighted by Gasteiger charge is 2.34. The van der Waals surface area contributed by atoms with E-state index >= 15 is 0 Å². The van der Waals surface area contributed by atoms with Crippen LogP contribution < -0.4 is 10.6 Å². The Kier molecular flexibility index (Phi) is 5.94. The summed E-state index contributed by atoms with van der Waals surface area (Å²) in [6, 6.07) is 13.6. The fraction of sp³-hybridized carbons (Fsp3) is 0.227. The predicted octanol–water partition coefficient (Wildman–Crippen LogP) is 3.51. The van der Waals surface area contributed by atoms with Crippen molar-refractivity contribution >= 4 is 34.7 Å². The summed E-state index contributed by atoms with van der Waals surface area (Å²) < 4.78 is 5.07. The molecule has 154 valence electrons. The van der Waals surface area contributed by atoms with E-state index in [9.17, 15) is 14.4 Å². The summed E-state index contributed by atoms with van der Waals surface area (Å²) in [6.07, 6.45) is 2.93. The van der Waals surface area contributed by atoms with Crippen LogP contribution in [-0.2, 0) is 11.3 Å². The van der Waals surface area contributed by atoms with E-state index in [2.05, 4.69) is 10.6 Å². The molecule has 0 spiro atoms. The van der Waals surface area contributed by atoms with Gasteiger partial charge < -0.3 is 20.0 Å². The summed E-state index contributed by atoms with van der Waals surface area (Å²) in [7, 11) is 0. The molecule has 0 bridgehead atoms. The van der Waals surface area contributed by atoms with Crippen molar-refractivity contribution in [3.8, 4) is 0 Å². The van der Waals surface area contributed by atoms with Crippen LogP contribution in [0, 0.1) is 0 Å². The number of carbonyl (C=O) groups excluding carboxylic acids is 3. The summed E-state index contributed by atoms with van der Waals surface area (Å²) in [5, 5.41) is 7.53. The largest absolute Gasteiger partial charge is 0.459 e. The zero-order chi connectivity index (χ0) is 20.9. The Morgan fingerprint density at radius 1 is 1.10 bits per heavy atom. The van der Waals surface area contributed by atoms with Crippen molar-refractivity contribution in [3.63, 3.8) is 0 Å². The number of furan rings is 1. The smallest absolute Gasteiger partial charge is 0.291 e. The lowest BCUT2D eigenvalue weighted by Crippen LogP contribution is -2.45. The first-order chi connectivity index (χ1) is 14.6. The predicted molar refractivity (Wildman–Crippen MR) is 113 cm³/mol. The van der Waals surface area contributed by atoms with Crippen LogP contribution >= 0.6 is 11.3 Å². The number of nitrogens with one attached hydrogen (secondary N) is 2. The second kappa shape index (κ2) is 8.96. The van der Waals surface area contributed by atoms with Crippen molar-refractivity contribution in [3.05, 3.63) is 76.4 Å². The summed E-state index contributed by atoms with van der Waals surface area (Å²) in [5.41, 5.74) is 1.53. The van der Waals surface area contributed by atoms with Crippen molar-refractivity contribution in [1.82, 2.24) is 10.2 Å². The lowest BCUT2D eigenvalue weighted by atomic mass is 10.1. The van der Waals surface area contributed by atoms with Gasteiger partial charge in [0.2, 0.25) is 5.91 Å². The summed E-state index contributed by atoms with van der Waals surface area (Å²) >= 11 is 1.39. The van der Waals surface area contributed by atoms with E-state index in [0.29, 0.717) is 30.1 Å². The third kappa shape index (κ3) is 4.44. The molecule has 0 saturated carbocycles. The maximum Gasteiger partial charge on any atom is 0.291 e. The van der Waals surface area contributed by atoms with Gasteiger partial charge in [0.05, 0.1) is 11.1 Å². The fourth-order valence-electron chi connectivity index (χ4n) is 3.44. The minimum atomic E-state index is -0.438. The van der Waals surface area contributed by atoms with Crippen molar-refractivity contribution < 1.29 is 18.8 Å². The van der Waals surface area contributed by atoms with E-state index in [-0.39, 0.29) is 23.5 Å². The van der Waals surface area contributed by atoms with Crippen LogP contribution in [0.3, 0.4) is 0 Å². The number of carbonyl (C=O) groups is 3. The third-order valence-electron chi connectivity index (χ3n) is 4.97. The van der Waals surface area contributed by atoms with E-state index in [0.717, 1.165) is 12.0 Å². The van der Waals surface area contributed by atoms with Gasteiger partial charge in [0.25, 0.3) is 11.8 Å². The van der Waals surface area contributed by atoms with Gasteiger partial charge in [0, 0.05) is 18.8 Å². The number of rotatable bonds is 6. The Morgan fingerprint density at radius 2 is 1.93 bits per heavy atom. The van der Waals surface area contributed by atoms with E-state index < -0.39 is 6.04 Å². The molecule has 8 heteroatoms. The highest BCUT2D eigenvalue weighted by molar-refractivity contribution is 7.12. The monoisotopic (exact) mass is 423 g/mol. The first kappa shape index (κ1) is 19.9. The molecular formula is C22H21N3O4S. The third-order valence-corrected chi connectivity index (χ3v) is 5.83. The summed E-state index contributed by atoms with van der Waals surface area (Å²) in [4.78, 5) is 39.6. The van der Waals surface area contributed by atoms with Gasteiger partial charge in [-0.2, -0.15) is 0 Å². The lowest BCUT2D eigenvalue weighted by molar-refractivity contribution is -0.125. The molecule has 30 heavy (non-hydrogen) atoms. The summed E-state index contributed by atoms with van der Waals surface area (Å²) in [5.74, 6) is -0.311. The van der Waals surface area contributed by atoms with Gasteiger partial charge in [-0.15, -0.1) is 11.3 Å². The molecule has 0 radical (unpaired) electrons. The molecule has 1 saturated heterocycles. The van der Waals surface area contributed by atoms with Crippen molar-refractivity contribution in [1.29, 1.82) is 0 Å². The molecule has 1 unspecified atom stereocenters. The first-order valence-corrected chi connectivity index (χ1v) is 10.6. The molecule has 2 aromatic heterocycles. The Hall–Kier alpha value is -3.39. The average Bonchev–Trinajstić information content (AvgIpc) is 3.54. The SMILES string of the molecule is O=C(Nc1ccc(CNC(=O)C2CCCN2C(=O)c2cccs2)cc1)c1ccco1. The Bertz CT molecular complexity index is 1010.